The molecule has 0 heterocycles. The molecule has 2 rings (SSSR count). The lowest BCUT2D eigenvalue weighted by molar-refractivity contribution is 0.407. The summed E-state index contributed by atoms with van der Waals surface area (Å²) in [4.78, 5) is 0. The molecule has 2 nitrogen and oxygen atoms in total. The summed E-state index contributed by atoms with van der Waals surface area (Å²) in [5, 5.41) is 2.73. The minimum absolute atomic E-state index is 0.354. The Morgan fingerprint density at radius 1 is 1.05 bits per heavy atom. The van der Waals surface area contributed by atoms with Crippen molar-refractivity contribution in [3.63, 3.8) is 0 Å². The summed E-state index contributed by atoms with van der Waals surface area (Å²) >= 11 is 0. The van der Waals surface area contributed by atoms with Crippen LogP contribution >= 0.6 is 0 Å². The number of benzene rings is 2. The summed E-state index contributed by atoms with van der Waals surface area (Å²) in [6.07, 6.45) is 0. The highest BCUT2D eigenvalue weighted by molar-refractivity contribution is 5.50. The van der Waals surface area contributed by atoms with Gasteiger partial charge in [-0.2, -0.15) is 0 Å². The highest BCUT2D eigenvalue weighted by Crippen LogP contribution is 2.30. The Labute approximate surface area is 121 Å². The summed E-state index contributed by atoms with van der Waals surface area (Å²) in [5.74, 6) is -2.27. The lowest BCUT2D eigenvalue weighted by atomic mass is 10.0. The predicted octanol–water partition coefficient (Wildman–Crippen LogP) is 4.59. The quantitative estimate of drug-likeness (QED) is 0.890. The number of rotatable bonds is 4. The van der Waals surface area contributed by atoms with Crippen LogP contribution in [-0.4, -0.2) is 7.11 Å². The molecule has 0 amide bonds. The summed E-state index contributed by atoms with van der Waals surface area (Å²) in [6.45, 7) is 3.66. The zero-order valence-electron chi connectivity index (χ0n) is 12.0. The predicted molar refractivity (Wildman–Crippen MR) is 76.1 cm³/mol. The van der Waals surface area contributed by atoms with Gasteiger partial charge in [0, 0.05) is 17.7 Å². The number of methoxy groups -OCH3 is 1. The van der Waals surface area contributed by atoms with E-state index in [1.165, 1.54) is 7.11 Å². The summed E-state index contributed by atoms with van der Waals surface area (Å²) in [6, 6.07) is 6.43. The minimum atomic E-state index is -0.967. The van der Waals surface area contributed by atoms with Crippen molar-refractivity contribution in [2.24, 2.45) is 0 Å². The third-order valence-electron chi connectivity index (χ3n) is 3.22. The molecule has 0 spiro atoms. The van der Waals surface area contributed by atoms with Crippen molar-refractivity contribution in [2.75, 3.05) is 12.4 Å². The van der Waals surface area contributed by atoms with Crippen LogP contribution in [0.15, 0.2) is 30.3 Å². The van der Waals surface area contributed by atoms with Crippen molar-refractivity contribution in [1.82, 2.24) is 0 Å². The molecule has 0 aromatic heterocycles. The van der Waals surface area contributed by atoms with Crippen molar-refractivity contribution in [3.05, 3.63) is 58.9 Å². The van der Waals surface area contributed by atoms with Crippen LogP contribution in [0.5, 0.6) is 5.75 Å². The van der Waals surface area contributed by atoms with Gasteiger partial charge in [0.15, 0.2) is 11.6 Å². The van der Waals surface area contributed by atoms with E-state index in [1.807, 2.05) is 19.1 Å². The molecule has 112 valence electrons. The van der Waals surface area contributed by atoms with E-state index in [0.29, 0.717) is 17.9 Å². The Kier molecular flexibility index (Phi) is 4.40. The first-order valence-electron chi connectivity index (χ1n) is 6.48. The van der Waals surface area contributed by atoms with Crippen molar-refractivity contribution >= 4 is 5.69 Å². The Morgan fingerprint density at radius 2 is 1.67 bits per heavy atom. The van der Waals surface area contributed by atoms with E-state index in [1.54, 1.807) is 13.0 Å². The second-order valence-electron chi connectivity index (χ2n) is 4.86. The molecule has 0 aliphatic rings. The van der Waals surface area contributed by atoms with Crippen LogP contribution in [0.2, 0.25) is 0 Å². The number of hydrogen-bond acceptors (Lipinski definition) is 2. The molecule has 0 aliphatic heterocycles. The molecule has 0 bridgehead atoms. The first-order chi connectivity index (χ1) is 9.92. The maximum absolute atomic E-state index is 13.7. The van der Waals surface area contributed by atoms with Crippen LogP contribution in [-0.2, 0) is 0 Å². The van der Waals surface area contributed by atoms with Gasteiger partial charge in [-0.3, -0.25) is 0 Å². The van der Waals surface area contributed by atoms with E-state index < -0.39 is 23.5 Å². The van der Waals surface area contributed by atoms with Gasteiger partial charge in [0.2, 0.25) is 0 Å². The van der Waals surface area contributed by atoms with Crippen molar-refractivity contribution < 1.29 is 17.9 Å². The Balaban J connectivity index is 2.34. The van der Waals surface area contributed by atoms with Crippen LogP contribution in [0.25, 0.3) is 0 Å². The van der Waals surface area contributed by atoms with E-state index in [-0.39, 0.29) is 5.69 Å². The Bertz CT molecular complexity index is 635. The second-order valence-corrected chi connectivity index (χ2v) is 4.86. The smallest absolute Gasteiger partial charge is 0.152 e. The summed E-state index contributed by atoms with van der Waals surface area (Å²) in [5.41, 5.74) is 1.41. The fourth-order valence-corrected chi connectivity index (χ4v) is 2.17. The number of hydrogen-bond donors (Lipinski definition) is 1. The Hall–Kier alpha value is -2.17. The zero-order chi connectivity index (χ0) is 15.6. The largest absolute Gasteiger partial charge is 0.496 e. The van der Waals surface area contributed by atoms with Gasteiger partial charge in [-0.15, -0.1) is 0 Å². The molecular weight excluding hydrogens is 279 g/mol. The Morgan fingerprint density at radius 3 is 2.24 bits per heavy atom. The standard InChI is InChI=1S/C16H16F3NO/c1-9-4-5-15(21-3)12(6-9)10(2)20-16-13(18)7-11(17)8-14(16)19/h4-8,10,20H,1-3H3. The van der Waals surface area contributed by atoms with Gasteiger partial charge in [0.25, 0.3) is 0 Å². The average Bonchev–Trinajstić information content (AvgIpc) is 2.42. The minimum Gasteiger partial charge on any atom is -0.496 e. The number of ether oxygens (including phenoxy) is 1. The number of aryl methyl sites for hydroxylation is 1. The van der Waals surface area contributed by atoms with E-state index in [2.05, 4.69) is 5.32 Å². The molecule has 21 heavy (non-hydrogen) atoms. The molecular formula is C16H16F3NO. The third kappa shape index (κ3) is 3.29. The number of halogens is 3. The number of anilines is 1. The fourth-order valence-electron chi connectivity index (χ4n) is 2.17. The lowest BCUT2D eigenvalue weighted by Crippen LogP contribution is -2.11. The first-order valence-corrected chi connectivity index (χ1v) is 6.48. The molecule has 2 aromatic rings. The molecule has 0 fully saturated rings. The lowest BCUT2D eigenvalue weighted by Gasteiger charge is -2.19. The van der Waals surface area contributed by atoms with Gasteiger partial charge in [0.1, 0.15) is 17.3 Å². The first kappa shape index (κ1) is 15.2. The van der Waals surface area contributed by atoms with Crippen LogP contribution in [0.3, 0.4) is 0 Å². The van der Waals surface area contributed by atoms with Gasteiger partial charge in [0.05, 0.1) is 13.2 Å². The fraction of sp³-hybridized carbons (Fsp3) is 0.250. The van der Waals surface area contributed by atoms with Crippen LogP contribution < -0.4 is 10.1 Å². The van der Waals surface area contributed by atoms with E-state index >= 15 is 0 Å². The molecule has 1 N–H and O–H groups in total. The van der Waals surface area contributed by atoms with E-state index in [9.17, 15) is 13.2 Å². The maximum Gasteiger partial charge on any atom is 0.152 e. The molecule has 1 unspecified atom stereocenters. The van der Waals surface area contributed by atoms with Gasteiger partial charge in [-0.25, -0.2) is 13.2 Å². The van der Waals surface area contributed by atoms with Crippen LogP contribution in [0.4, 0.5) is 18.9 Å². The summed E-state index contributed by atoms with van der Waals surface area (Å²) < 4.78 is 45.5. The molecule has 5 heteroatoms. The summed E-state index contributed by atoms with van der Waals surface area (Å²) in [7, 11) is 1.53. The monoisotopic (exact) mass is 295 g/mol. The van der Waals surface area contributed by atoms with Crippen LogP contribution in [0.1, 0.15) is 24.1 Å². The molecule has 0 radical (unpaired) electrons. The van der Waals surface area contributed by atoms with E-state index in [0.717, 1.165) is 11.1 Å². The second kappa shape index (κ2) is 6.08. The van der Waals surface area contributed by atoms with Crippen molar-refractivity contribution in [2.45, 2.75) is 19.9 Å². The number of nitrogens with one attached hydrogen (secondary N) is 1. The van der Waals surface area contributed by atoms with Gasteiger partial charge < -0.3 is 10.1 Å². The van der Waals surface area contributed by atoms with Crippen LogP contribution in [0, 0.1) is 24.4 Å². The van der Waals surface area contributed by atoms with E-state index in [4.69, 9.17) is 4.74 Å². The van der Waals surface area contributed by atoms with Crippen molar-refractivity contribution in [1.29, 1.82) is 0 Å². The molecule has 2 aromatic carbocycles. The molecule has 0 aliphatic carbocycles. The highest BCUT2D eigenvalue weighted by Gasteiger charge is 2.17. The molecule has 1 atom stereocenters. The van der Waals surface area contributed by atoms with Gasteiger partial charge in [-0.05, 0) is 19.9 Å². The van der Waals surface area contributed by atoms with Gasteiger partial charge in [-0.1, -0.05) is 17.7 Å². The van der Waals surface area contributed by atoms with Gasteiger partial charge >= 0.3 is 0 Å². The molecule has 0 saturated carbocycles. The molecule has 0 saturated heterocycles. The van der Waals surface area contributed by atoms with Crippen molar-refractivity contribution in [3.8, 4) is 5.75 Å². The average molecular weight is 295 g/mol. The third-order valence-corrected chi connectivity index (χ3v) is 3.22. The normalized spacial score (nSPS) is 12.1. The highest BCUT2D eigenvalue weighted by atomic mass is 19.1. The maximum atomic E-state index is 13.7. The topological polar surface area (TPSA) is 21.3 Å². The zero-order valence-corrected chi connectivity index (χ0v) is 12.0. The SMILES string of the molecule is COc1ccc(C)cc1C(C)Nc1c(F)cc(F)cc1F.